The summed E-state index contributed by atoms with van der Waals surface area (Å²) in [6, 6.07) is 4.98. The minimum atomic E-state index is -4.30. The maximum atomic E-state index is 14.5. The number of alkyl carbamates (subject to hydrolysis) is 1. The number of aromatic nitrogens is 2. The minimum absolute atomic E-state index is 0.0309. The van der Waals surface area contributed by atoms with E-state index in [1.165, 1.54) is 17.9 Å². The van der Waals surface area contributed by atoms with Crippen LogP contribution in [0.3, 0.4) is 0 Å². The maximum Gasteiger partial charge on any atom is 0.408 e. The van der Waals surface area contributed by atoms with Gasteiger partial charge >= 0.3 is 6.09 Å². The van der Waals surface area contributed by atoms with Gasteiger partial charge in [-0.05, 0) is 76.1 Å². The molecule has 17 heteroatoms. The number of amides is 3. The number of allylic oxidation sites excluding steroid dienone is 1. The summed E-state index contributed by atoms with van der Waals surface area (Å²) in [4.78, 5) is 65.7. The van der Waals surface area contributed by atoms with Crippen molar-refractivity contribution < 1.29 is 41.8 Å². The van der Waals surface area contributed by atoms with Crippen molar-refractivity contribution in [1.82, 2.24) is 24.9 Å². The lowest BCUT2D eigenvalue weighted by Crippen LogP contribution is -2.57. The molecule has 2 aromatic heterocycles. The van der Waals surface area contributed by atoms with E-state index in [1.807, 2.05) is 12.1 Å². The lowest BCUT2D eigenvalue weighted by Gasteiger charge is -2.35. The molecule has 3 aromatic rings. The molecule has 2 aliphatic rings. The third-order valence-corrected chi connectivity index (χ3v) is 13.6. The summed E-state index contributed by atoms with van der Waals surface area (Å²) in [7, 11) is -2.73. The van der Waals surface area contributed by atoms with E-state index in [-0.39, 0.29) is 35.2 Å². The van der Waals surface area contributed by atoms with Crippen molar-refractivity contribution in [3.8, 4) is 11.6 Å². The van der Waals surface area contributed by atoms with E-state index in [4.69, 9.17) is 14.2 Å². The molecule has 1 aliphatic carbocycles. The number of thioether (sulfide) groups is 1. The smallest absolute Gasteiger partial charge is 0.408 e. The minimum Gasteiger partial charge on any atom is -0.497 e. The Kier molecular flexibility index (Phi) is 11.5. The van der Waals surface area contributed by atoms with Crippen molar-refractivity contribution in [1.29, 1.82) is 0 Å². The standard InChI is InChI=1S/C37H47N5O9S3/c1-11-23-18-37(23,33(45)41-54(47,48)32-20(2)39-21(3)52-32)53-31(44)27-17-25(50-29-26-13-12-24(49-10)16-22(26)14-15-38-29)19-42(27)30(43)28(35(4,5)6)40-34(46)51-36(7,8)9/h11-16,23,25,27-28H,1,17-19H2,2-10H3,(H,40,46)(H,41,45)/t23-,25-,27+,28-,37-/m1/s1. The Hall–Kier alpha value is -4.22. The number of nitrogens with zero attached hydrogens (tertiary/aromatic N) is 3. The summed E-state index contributed by atoms with van der Waals surface area (Å²) >= 11 is 1.62. The topological polar surface area (TPSA) is 183 Å². The second kappa shape index (κ2) is 15.1. The number of hydrogen-bond acceptors (Lipinski definition) is 13. The quantitative estimate of drug-likeness (QED) is 0.239. The fourth-order valence-electron chi connectivity index (χ4n) is 6.33. The highest BCUT2D eigenvalue weighted by Crippen LogP contribution is 2.56. The predicted molar refractivity (Wildman–Crippen MR) is 206 cm³/mol. The predicted octanol–water partition coefficient (Wildman–Crippen LogP) is 5.31. The molecular weight excluding hydrogens is 755 g/mol. The number of nitrogens with one attached hydrogen (secondary N) is 2. The molecule has 3 heterocycles. The second-order valence-electron chi connectivity index (χ2n) is 15.5. The summed E-state index contributed by atoms with van der Waals surface area (Å²) in [6.45, 7) is 17.4. The molecule has 2 N–H and O–H groups in total. The van der Waals surface area contributed by atoms with Crippen LogP contribution in [0, 0.1) is 25.2 Å². The van der Waals surface area contributed by atoms with Crippen molar-refractivity contribution in [2.24, 2.45) is 11.3 Å². The highest BCUT2D eigenvalue weighted by Gasteiger charge is 2.62. The third-order valence-electron chi connectivity index (χ3n) is 9.05. The number of hydrogen-bond donors (Lipinski definition) is 2. The largest absolute Gasteiger partial charge is 0.497 e. The van der Waals surface area contributed by atoms with Crippen LogP contribution in [0.5, 0.6) is 11.6 Å². The summed E-state index contributed by atoms with van der Waals surface area (Å²) in [6.07, 6.45) is 1.77. The van der Waals surface area contributed by atoms with Crippen molar-refractivity contribution in [3.63, 3.8) is 0 Å². The molecule has 14 nitrogen and oxygen atoms in total. The van der Waals surface area contributed by atoms with Gasteiger partial charge in [-0.3, -0.25) is 14.4 Å². The Bertz CT molecular complexity index is 2090. The van der Waals surface area contributed by atoms with Crippen LogP contribution in [0.2, 0.25) is 0 Å². The Morgan fingerprint density at radius 1 is 1.13 bits per heavy atom. The number of benzene rings is 1. The summed E-state index contributed by atoms with van der Waals surface area (Å²) in [5.41, 5.74) is -1.40. The fraction of sp³-hybridized carbons (Fsp3) is 0.514. The number of pyridine rings is 1. The van der Waals surface area contributed by atoms with E-state index < -0.39 is 72.9 Å². The number of sulfonamides is 1. The van der Waals surface area contributed by atoms with Crippen molar-refractivity contribution >= 4 is 66.9 Å². The molecule has 0 radical (unpaired) electrons. The molecule has 1 saturated heterocycles. The molecule has 2 fully saturated rings. The normalized spacial score (nSPS) is 21.9. The van der Waals surface area contributed by atoms with Crippen molar-refractivity contribution in [2.75, 3.05) is 13.7 Å². The van der Waals surface area contributed by atoms with E-state index >= 15 is 0 Å². The molecule has 1 aliphatic heterocycles. The average molecular weight is 802 g/mol. The highest BCUT2D eigenvalue weighted by molar-refractivity contribution is 8.15. The van der Waals surface area contributed by atoms with Gasteiger partial charge in [0, 0.05) is 23.9 Å². The number of aryl methyl sites for hydroxylation is 2. The molecular formula is C37H47N5O9S3. The number of rotatable bonds is 11. The lowest BCUT2D eigenvalue weighted by molar-refractivity contribution is -0.139. The van der Waals surface area contributed by atoms with E-state index in [2.05, 4.69) is 26.6 Å². The van der Waals surface area contributed by atoms with Crippen molar-refractivity contribution in [2.45, 2.75) is 101 Å². The Morgan fingerprint density at radius 2 is 1.83 bits per heavy atom. The van der Waals surface area contributed by atoms with Gasteiger partial charge in [-0.15, -0.1) is 17.9 Å². The Labute approximate surface area is 323 Å². The number of ether oxygens (including phenoxy) is 3. The SMILES string of the molecule is C=C[C@@H]1C[C@]1(SC(=O)[C@@H]1C[C@@H](Oc2nccc3cc(OC)ccc23)CN1C(=O)[C@@H](NC(=O)OC(C)(C)C)C(C)(C)C)C(=O)NS(=O)(=O)c1sc(C)nc1C. The lowest BCUT2D eigenvalue weighted by atomic mass is 9.85. The molecule has 54 heavy (non-hydrogen) atoms. The number of fused-ring (bicyclic) bond motifs is 1. The monoisotopic (exact) mass is 801 g/mol. The first-order valence-electron chi connectivity index (χ1n) is 17.3. The number of thiazole rings is 1. The van der Waals surface area contributed by atoms with Crippen LogP contribution in [-0.4, -0.2) is 88.5 Å². The number of likely N-dealkylation sites (tertiary alicyclic amines) is 1. The number of carbonyl (C=O) groups is 4. The van der Waals surface area contributed by atoms with Gasteiger partial charge in [-0.1, -0.05) is 38.6 Å². The molecule has 1 saturated carbocycles. The van der Waals surface area contributed by atoms with Crippen LogP contribution in [0.4, 0.5) is 4.79 Å². The molecule has 0 bridgehead atoms. The van der Waals surface area contributed by atoms with Crippen LogP contribution < -0.4 is 19.5 Å². The summed E-state index contributed by atoms with van der Waals surface area (Å²) in [5, 5.41) is 4.18. The number of carbonyl (C=O) groups excluding carboxylic acids is 4. The van der Waals surface area contributed by atoms with Crippen LogP contribution in [0.1, 0.15) is 65.1 Å². The summed E-state index contributed by atoms with van der Waals surface area (Å²) < 4.78 is 44.4. The van der Waals surface area contributed by atoms with Crippen LogP contribution in [0.15, 0.2) is 47.3 Å². The van der Waals surface area contributed by atoms with Gasteiger partial charge in [0.2, 0.25) is 16.9 Å². The van der Waals surface area contributed by atoms with E-state index in [9.17, 15) is 27.6 Å². The van der Waals surface area contributed by atoms with Gasteiger partial charge in [0.1, 0.15) is 34.3 Å². The molecule has 1 aromatic carbocycles. The molecule has 5 atom stereocenters. The first-order valence-corrected chi connectivity index (χ1v) is 20.5. The van der Waals surface area contributed by atoms with Gasteiger partial charge in [-0.2, -0.15) is 0 Å². The van der Waals surface area contributed by atoms with Crippen molar-refractivity contribution in [3.05, 3.63) is 53.8 Å². The molecule has 3 amide bonds. The highest BCUT2D eigenvalue weighted by atomic mass is 32.2. The van der Waals surface area contributed by atoms with Crippen LogP contribution in [-0.2, 0) is 29.1 Å². The zero-order valence-corrected chi connectivity index (χ0v) is 34.3. The van der Waals surface area contributed by atoms with E-state index in [0.29, 0.717) is 27.9 Å². The zero-order valence-electron chi connectivity index (χ0n) is 31.8. The third kappa shape index (κ3) is 8.84. The zero-order chi connectivity index (χ0) is 40.0. The number of methoxy groups -OCH3 is 1. The second-order valence-corrected chi connectivity index (χ2v) is 19.9. The first-order chi connectivity index (χ1) is 25.1. The average Bonchev–Trinajstić information content (AvgIpc) is 3.43. The molecule has 5 rings (SSSR count). The molecule has 292 valence electrons. The molecule has 0 unspecified atom stereocenters. The van der Waals surface area contributed by atoms with E-state index in [0.717, 1.165) is 16.7 Å². The Morgan fingerprint density at radius 3 is 2.41 bits per heavy atom. The van der Waals surface area contributed by atoms with E-state index in [1.54, 1.807) is 73.9 Å². The first kappa shape index (κ1) is 41.0. The summed E-state index contributed by atoms with van der Waals surface area (Å²) in [5.74, 6) is -1.00. The van der Waals surface area contributed by atoms with Gasteiger partial charge in [0.05, 0.1) is 24.4 Å². The fourth-order valence-corrected chi connectivity index (χ4v) is 10.3. The van der Waals surface area contributed by atoms with Gasteiger partial charge < -0.3 is 24.4 Å². The van der Waals surface area contributed by atoms with Gasteiger partial charge in [0.25, 0.3) is 15.9 Å². The van der Waals surface area contributed by atoms with Gasteiger partial charge in [0.15, 0.2) is 4.21 Å². The Balaban J connectivity index is 1.46. The van der Waals surface area contributed by atoms with Crippen LogP contribution in [0.25, 0.3) is 10.8 Å². The maximum absolute atomic E-state index is 14.5. The van der Waals surface area contributed by atoms with Crippen LogP contribution >= 0.6 is 23.1 Å². The molecule has 0 spiro atoms. The van der Waals surface area contributed by atoms with Gasteiger partial charge in [-0.25, -0.2) is 27.9 Å².